The fourth-order valence-corrected chi connectivity index (χ4v) is 4.30. The number of amides is 1. The molecule has 0 bridgehead atoms. The van der Waals surface area contributed by atoms with E-state index >= 15 is 0 Å². The summed E-state index contributed by atoms with van der Waals surface area (Å²) in [7, 11) is -3.85. The van der Waals surface area contributed by atoms with Crippen molar-refractivity contribution in [2.24, 2.45) is 0 Å². The molecule has 0 aromatic heterocycles. The van der Waals surface area contributed by atoms with Crippen LogP contribution in [0.5, 0.6) is 5.75 Å². The number of para-hydroxylation sites is 2. The molecule has 0 aliphatic heterocycles. The number of hydrogen-bond donors (Lipinski definition) is 2. The van der Waals surface area contributed by atoms with Crippen LogP contribution in [0, 0.1) is 0 Å². The van der Waals surface area contributed by atoms with Crippen molar-refractivity contribution in [2.75, 3.05) is 11.3 Å². The fraction of sp³-hybridized carbons (Fsp3) is 0.350. The molecule has 6 nitrogen and oxygen atoms in total. The normalized spacial score (nSPS) is 14.7. The summed E-state index contributed by atoms with van der Waals surface area (Å²) in [4.78, 5) is 12.5. The molecule has 1 aliphatic rings. The topological polar surface area (TPSA) is 84.5 Å². The van der Waals surface area contributed by atoms with Crippen LogP contribution in [-0.4, -0.2) is 27.0 Å². The first kappa shape index (κ1) is 19.2. The Morgan fingerprint density at radius 3 is 2.59 bits per heavy atom. The average molecular weight is 388 g/mol. The van der Waals surface area contributed by atoms with Gasteiger partial charge in [-0.15, -0.1) is 0 Å². The monoisotopic (exact) mass is 388 g/mol. The molecular weight excluding hydrogens is 364 g/mol. The lowest BCUT2D eigenvalue weighted by Crippen LogP contribution is -2.32. The third-order valence-electron chi connectivity index (χ3n) is 4.53. The lowest BCUT2D eigenvalue weighted by molar-refractivity contribution is 0.0937. The van der Waals surface area contributed by atoms with Crippen molar-refractivity contribution in [1.29, 1.82) is 0 Å². The van der Waals surface area contributed by atoms with Crippen LogP contribution >= 0.6 is 0 Å². The second kappa shape index (κ2) is 8.43. The minimum absolute atomic E-state index is 0.0351. The zero-order chi connectivity index (χ0) is 19.3. The van der Waals surface area contributed by atoms with Crippen LogP contribution in [0.4, 0.5) is 5.69 Å². The van der Waals surface area contributed by atoms with Crippen molar-refractivity contribution in [3.05, 3.63) is 54.1 Å². The Morgan fingerprint density at radius 1 is 1.11 bits per heavy atom. The molecular formula is C20H24N2O4S. The predicted molar refractivity (Wildman–Crippen MR) is 105 cm³/mol. The molecule has 0 spiro atoms. The summed E-state index contributed by atoms with van der Waals surface area (Å²) in [6.07, 6.45) is 4.17. The van der Waals surface area contributed by atoms with Crippen molar-refractivity contribution < 1.29 is 17.9 Å². The minimum atomic E-state index is -3.85. The molecule has 2 N–H and O–H groups in total. The van der Waals surface area contributed by atoms with Gasteiger partial charge in [0.1, 0.15) is 5.75 Å². The van der Waals surface area contributed by atoms with Gasteiger partial charge in [0.05, 0.1) is 17.2 Å². The highest BCUT2D eigenvalue weighted by Gasteiger charge is 2.21. The number of rotatable bonds is 7. The maximum absolute atomic E-state index is 12.8. The second-order valence-corrected chi connectivity index (χ2v) is 8.20. The maximum Gasteiger partial charge on any atom is 0.262 e. The highest BCUT2D eigenvalue weighted by Crippen LogP contribution is 2.27. The summed E-state index contributed by atoms with van der Waals surface area (Å²) >= 11 is 0. The van der Waals surface area contributed by atoms with Crippen LogP contribution in [0.2, 0.25) is 0 Å². The van der Waals surface area contributed by atoms with E-state index in [1.165, 1.54) is 12.1 Å². The zero-order valence-electron chi connectivity index (χ0n) is 15.3. The van der Waals surface area contributed by atoms with E-state index in [4.69, 9.17) is 4.74 Å². The van der Waals surface area contributed by atoms with Crippen molar-refractivity contribution in [3.8, 4) is 5.75 Å². The molecule has 2 aromatic carbocycles. The molecule has 0 atom stereocenters. The first-order valence-corrected chi connectivity index (χ1v) is 10.6. The Kier molecular flexibility index (Phi) is 6.01. The van der Waals surface area contributed by atoms with Crippen LogP contribution in [-0.2, 0) is 10.0 Å². The summed E-state index contributed by atoms with van der Waals surface area (Å²) in [5, 5.41) is 2.98. The molecule has 144 valence electrons. The van der Waals surface area contributed by atoms with E-state index in [1.807, 2.05) is 6.92 Å². The SMILES string of the molecule is CCOc1ccccc1NS(=O)(=O)c1cccc(C(=O)NC2CCCC2)c1. The van der Waals surface area contributed by atoms with E-state index in [9.17, 15) is 13.2 Å². The molecule has 0 radical (unpaired) electrons. The Balaban J connectivity index is 1.80. The van der Waals surface area contributed by atoms with E-state index in [-0.39, 0.29) is 16.8 Å². The number of hydrogen-bond acceptors (Lipinski definition) is 4. The van der Waals surface area contributed by atoms with Crippen LogP contribution in [0.3, 0.4) is 0 Å². The predicted octanol–water partition coefficient (Wildman–Crippen LogP) is 3.56. The quantitative estimate of drug-likeness (QED) is 0.760. The number of sulfonamides is 1. The third-order valence-corrected chi connectivity index (χ3v) is 5.89. The van der Waals surface area contributed by atoms with E-state index in [0.717, 1.165) is 25.7 Å². The van der Waals surface area contributed by atoms with Gasteiger partial charge in [0.25, 0.3) is 15.9 Å². The van der Waals surface area contributed by atoms with Crippen LogP contribution in [0.25, 0.3) is 0 Å². The number of carbonyl (C=O) groups excluding carboxylic acids is 1. The van der Waals surface area contributed by atoms with E-state index < -0.39 is 10.0 Å². The molecule has 1 amide bonds. The Bertz CT molecular complexity index is 906. The highest BCUT2D eigenvalue weighted by atomic mass is 32.2. The van der Waals surface area contributed by atoms with Gasteiger partial charge in [0.2, 0.25) is 0 Å². The van der Waals surface area contributed by atoms with Gasteiger partial charge in [-0.05, 0) is 50.1 Å². The van der Waals surface area contributed by atoms with Gasteiger partial charge in [-0.25, -0.2) is 8.42 Å². The van der Waals surface area contributed by atoms with Gasteiger partial charge in [-0.3, -0.25) is 9.52 Å². The van der Waals surface area contributed by atoms with E-state index in [0.29, 0.717) is 23.6 Å². The molecule has 1 aliphatic carbocycles. The van der Waals surface area contributed by atoms with Gasteiger partial charge in [0.15, 0.2) is 0 Å². The molecule has 27 heavy (non-hydrogen) atoms. The number of nitrogens with one attached hydrogen (secondary N) is 2. The number of anilines is 1. The summed E-state index contributed by atoms with van der Waals surface area (Å²) in [6, 6.07) is 13.1. The molecule has 1 saturated carbocycles. The molecule has 2 aromatic rings. The second-order valence-electron chi connectivity index (χ2n) is 6.52. The van der Waals surface area contributed by atoms with Crippen molar-refractivity contribution >= 4 is 21.6 Å². The molecule has 0 saturated heterocycles. The van der Waals surface area contributed by atoms with Gasteiger partial charge in [-0.1, -0.05) is 31.0 Å². The molecule has 7 heteroatoms. The minimum Gasteiger partial charge on any atom is -0.492 e. The van der Waals surface area contributed by atoms with Crippen LogP contribution in [0.15, 0.2) is 53.4 Å². The first-order valence-electron chi connectivity index (χ1n) is 9.15. The van der Waals surface area contributed by atoms with Crippen molar-refractivity contribution in [3.63, 3.8) is 0 Å². The van der Waals surface area contributed by atoms with Crippen molar-refractivity contribution in [2.45, 2.75) is 43.5 Å². The highest BCUT2D eigenvalue weighted by molar-refractivity contribution is 7.92. The largest absolute Gasteiger partial charge is 0.492 e. The average Bonchev–Trinajstić information content (AvgIpc) is 3.16. The molecule has 0 heterocycles. The fourth-order valence-electron chi connectivity index (χ4n) is 3.18. The van der Waals surface area contributed by atoms with E-state index in [2.05, 4.69) is 10.0 Å². The lowest BCUT2D eigenvalue weighted by atomic mass is 10.2. The van der Waals surface area contributed by atoms with Crippen molar-refractivity contribution in [1.82, 2.24) is 5.32 Å². The Morgan fingerprint density at radius 2 is 1.85 bits per heavy atom. The van der Waals surface area contributed by atoms with Gasteiger partial charge in [-0.2, -0.15) is 0 Å². The lowest BCUT2D eigenvalue weighted by Gasteiger charge is -2.14. The number of carbonyl (C=O) groups is 1. The summed E-state index contributed by atoms with van der Waals surface area (Å²) in [5.74, 6) is 0.215. The summed E-state index contributed by atoms with van der Waals surface area (Å²) in [6.45, 7) is 2.26. The Hall–Kier alpha value is -2.54. The van der Waals surface area contributed by atoms with Gasteiger partial charge < -0.3 is 10.1 Å². The van der Waals surface area contributed by atoms with Gasteiger partial charge >= 0.3 is 0 Å². The molecule has 0 unspecified atom stereocenters. The Labute approximate surface area is 160 Å². The number of benzene rings is 2. The van der Waals surface area contributed by atoms with E-state index in [1.54, 1.807) is 36.4 Å². The zero-order valence-corrected chi connectivity index (χ0v) is 16.1. The standard InChI is InChI=1S/C20H24N2O4S/c1-2-26-19-13-6-5-12-18(19)22-27(24,25)17-11-7-8-15(14-17)20(23)21-16-9-3-4-10-16/h5-8,11-14,16,22H,2-4,9-10H2,1H3,(H,21,23). The summed E-state index contributed by atoms with van der Waals surface area (Å²) < 4.78 is 33.6. The van der Waals surface area contributed by atoms with Crippen LogP contribution in [0.1, 0.15) is 43.0 Å². The first-order chi connectivity index (χ1) is 13.0. The molecule has 3 rings (SSSR count). The number of ether oxygens (including phenoxy) is 1. The molecule has 1 fully saturated rings. The summed E-state index contributed by atoms with van der Waals surface area (Å²) in [5.41, 5.74) is 0.697. The smallest absolute Gasteiger partial charge is 0.262 e. The third kappa shape index (κ3) is 4.80. The maximum atomic E-state index is 12.8. The van der Waals surface area contributed by atoms with Crippen LogP contribution < -0.4 is 14.8 Å². The van der Waals surface area contributed by atoms with Gasteiger partial charge in [0, 0.05) is 11.6 Å².